The van der Waals surface area contributed by atoms with Crippen LogP contribution in [-0.2, 0) is 11.2 Å². The molecule has 2 rings (SSSR count). The quantitative estimate of drug-likeness (QED) is 0.735. The van der Waals surface area contributed by atoms with E-state index in [1.165, 1.54) is 26.0 Å². The Hall–Kier alpha value is -1.58. The first-order valence-electron chi connectivity index (χ1n) is 7.74. The van der Waals surface area contributed by atoms with Gasteiger partial charge >= 0.3 is 0 Å². The number of aryl methyl sites for hydroxylation is 1. The Morgan fingerprint density at radius 2 is 2.19 bits per heavy atom. The molecule has 4 heteroatoms. The van der Waals surface area contributed by atoms with Gasteiger partial charge in [-0.3, -0.25) is 4.79 Å². The van der Waals surface area contributed by atoms with E-state index in [2.05, 4.69) is 6.92 Å². The number of amides is 1. The molecule has 1 amide bonds. The van der Waals surface area contributed by atoms with E-state index in [4.69, 9.17) is 4.74 Å². The van der Waals surface area contributed by atoms with Crippen molar-refractivity contribution >= 4 is 5.91 Å². The fourth-order valence-electron chi connectivity index (χ4n) is 2.47. The summed E-state index contributed by atoms with van der Waals surface area (Å²) in [6, 6.07) is 4.89. The van der Waals surface area contributed by atoms with Crippen LogP contribution in [-0.4, -0.2) is 31.0 Å². The van der Waals surface area contributed by atoms with E-state index in [1.807, 2.05) is 11.0 Å². The minimum absolute atomic E-state index is 0.181. The average molecular weight is 293 g/mol. The first-order chi connectivity index (χ1) is 10.1. The smallest absolute Gasteiger partial charge is 0.222 e. The van der Waals surface area contributed by atoms with Gasteiger partial charge in [-0.15, -0.1) is 0 Å². The molecule has 1 aliphatic rings. The summed E-state index contributed by atoms with van der Waals surface area (Å²) in [5.41, 5.74) is 0.838. The van der Waals surface area contributed by atoms with Crippen LogP contribution in [0, 0.1) is 11.7 Å². The summed E-state index contributed by atoms with van der Waals surface area (Å²) < 4.78 is 18.5. The predicted octanol–water partition coefficient (Wildman–Crippen LogP) is 3.42. The molecule has 1 aromatic carbocycles. The van der Waals surface area contributed by atoms with Crippen molar-refractivity contribution in [2.45, 2.75) is 39.0 Å². The standard InChI is InChI=1S/C17H24FNO2/c1-3-10-19(12-14-4-5-14)17(20)9-7-13-6-8-16(21-2)15(18)11-13/h6,8,11,14H,3-5,7,9-10,12H2,1-2H3. The predicted molar refractivity (Wildman–Crippen MR) is 80.9 cm³/mol. The van der Waals surface area contributed by atoms with Gasteiger partial charge in [0.15, 0.2) is 11.6 Å². The van der Waals surface area contributed by atoms with Crippen LogP contribution >= 0.6 is 0 Å². The maximum Gasteiger partial charge on any atom is 0.222 e. The van der Waals surface area contributed by atoms with Crippen LogP contribution in [0.2, 0.25) is 0 Å². The lowest BCUT2D eigenvalue weighted by Gasteiger charge is -2.22. The molecule has 0 atom stereocenters. The van der Waals surface area contributed by atoms with Crippen molar-refractivity contribution in [1.29, 1.82) is 0 Å². The molecule has 0 heterocycles. The number of ether oxygens (including phenoxy) is 1. The van der Waals surface area contributed by atoms with Crippen molar-refractivity contribution in [3.05, 3.63) is 29.6 Å². The lowest BCUT2D eigenvalue weighted by molar-refractivity contribution is -0.131. The molecule has 0 aliphatic heterocycles. The number of carbonyl (C=O) groups is 1. The minimum Gasteiger partial charge on any atom is -0.494 e. The largest absolute Gasteiger partial charge is 0.494 e. The molecule has 1 aliphatic carbocycles. The summed E-state index contributed by atoms with van der Waals surface area (Å²) in [7, 11) is 1.45. The van der Waals surface area contributed by atoms with Gasteiger partial charge in [0.2, 0.25) is 5.91 Å². The van der Waals surface area contributed by atoms with Crippen molar-refractivity contribution in [3.8, 4) is 5.75 Å². The third-order valence-electron chi connectivity index (χ3n) is 3.87. The Kier molecular flexibility index (Phi) is 5.59. The molecule has 0 aromatic heterocycles. The lowest BCUT2D eigenvalue weighted by atomic mass is 10.1. The Bertz CT molecular complexity index is 486. The SMILES string of the molecule is CCCN(CC1CC1)C(=O)CCc1ccc(OC)c(F)c1. The maximum atomic E-state index is 13.6. The van der Waals surface area contributed by atoms with Gasteiger partial charge in [-0.25, -0.2) is 4.39 Å². The number of rotatable bonds is 8. The highest BCUT2D eigenvalue weighted by Gasteiger charge is 2.26. The second-order valence-corrected chi connectivity index (χ2v) is 5.75. The van der Waals surface area contributed by atoms with Crippen molar-refractivity contribution < 1.29 is 13.9 Å². The zero-order valence-corrected chi connectivity index (χ0v) is 12.9. The molecule has 0 unspecified atom stereocenters. The zero-order valence-electron chi connectivity index (χ0n) is 12.9. The second kappa shape index (κ2) is 7.43. The Morgan fingerprint density at radius 3 is 2.76 bits per heavy atom. The van der Waals surface area contributed by atoms with Crippen molar-refractivity contribution in [2.24, 2.45) is 5.92 Å². The van der Waals surface area contributed by atoms with Crippen LogP contribution in [0.4, 0.5) is 4.39 Å². The van der Waals surface area contributed by atoms with Crippen LogP contribution < -0.4 is 4.74 Å². The van der Waals surface area contributed by atoms with E-state index in [-0.39, 0.29) is 17.5 Å². The van der Waals surface area contributed by atoms with Gasteiger partial charge in [0, 0.05) is 19.5 Å². The van der Waals surface area contributed by atoms with Crippen LogP contribution in [0.15, 0.2) is 18.2 Å². The van der Waals surface area contributed by atoms with E-state index >= 15 is 0 Å². The summed E-state index contributed by atoms with van der Waals surface area (Å²) >= 11 is 0. The van der Waals surface area contributed by atoms with Crippen LogP contribution in [0.3, 0.4) is 0 Å². The molecule has 0 spiro atoms. The molecule has 1 fully saturated rings. The molecule has 0 radical (unpaired) electrons. The highest BCUT2D eigenvalue weighted by atomic mass is 19.1. The van der Waals surface area contributed by atoms with E-state index in [0.717, 1.165) is 25.1 Å². The first kappa shape index (κ1) is 15.8. The summed E-state index contributed by atoms with van der Waals surface area (Å²) in [5.74, 6) is 0.760. The van der Waals surface area contributed by atoms with Crippen LogP contribution in [0.1, 0.15) is 38.2 Å². The van der Waals surface area contributed by atoms with E-state index in [9.17, 15) is 9.18 Å². The number of methoxy groups -OCH3 is 1. The molecular formula is C17H24FNO2. The van der Waals surface area contributed by atoms with E-state index in [0.29, 0.717) is 18.8 Å². The number of hydrogen-bond donors (Lipinski definition) is 0. The number of benzene rings is 1. The fraction of sp³-hybridized carbons (Fsp3) is 0.588. The van der Waals surface area contributed by atoms with Gasteiger partial charge < -0.3 is 9.64 Å². The fourth-order valence-corrected chi connectivity index (χ4v) is 2.47. The lowest BCUT2D eigenvalue weighted by Crippen LogP contribution is -2.33. The number of nitrogens with zero attached hydrogens (tertiary/aromatic N) is 1. The van der Waals surface area contributed by atoms with E-state index < -0.39 is 0 Å². The maximum absolute atomic E-state index is 13.6. The van der Waals surface area contributed by atoms with Crippen LogP contribution in [0.5, 0.6) is 5.75 Å². The monoisotopic (exact) mass is 293 g/mol. The Labute approximate surface area is 126 Å². The summed E-state index contributed by atoms with van der Waals surface area (Å²) in [6.45, 7) is 3.81. The highest BCUT2D eigenvalue weighted by molar-refractivity contribution is 5.76. The Morgan fingerprint density at radius 1 is 1.43 bits per heavy atom. The topological polar surface area (TPSA) is 29.5 Å². The minimum atomic E-state index is -0.370. The molecule has 0 bridgehead atoms. The number of carbonyl (C=O) groups excluding carboxylic acids is 1. The molecule has 1 saturated carbocycles. The summed E-state index contributed by atoms with van der Waals surface area (Å²) in [6.07, 6.45) is 4.49. The van der Waals surface area contributed by atoms with Gasteiger partial charge in [-0.2, -0.15) is 0 Å². The second-order valence-electron chi connectivity index (χ2n) is 5.75. The zero-order chi connectivity index (χ0) is 15.2. The molecule has 1 aromatic rings. The third kappa shape index (κ3) is 4.73. The average Bonchev–Trinajstić information content (AvgIpc) is 3.28. The molecule has 0 N–H and O–H groups in total. The van der Waals surface area contributed by atoms with Crippen molar-refractivity contribution in [1.82, 2.24) is 4.90 Å². The number of hydrogen-bond acceptors (Lipinski definition) is 2. The van der Waals surface area contributed by atoms with Crippen LogP contribution in [0.25, 0.3) is 0 Å². The number of halogens is 1. The van der Waals surface area contributed by atoms with Gasteiger partial charge in [-0.05, 0) is 49.3 Å². The molecule has 21 heavy (non-hydrogen) atoms. The van der Waals surface area contributed by atoms with Gasteiger partial charge in [0.25, 0.3) is 0 Å². The highest BCUT2D eigenvalue weighted by Crippen LogP contribution is 2.30. The summed E-state index contributed by atoms with van der Waals surface area (Å²) in [5, 5.41) is 0. The Balaban J connectivity index is 1.87. The third-order valence-corrected chi connectivity index (χ3v) is 3.87. The van der Waals surface area contributed by atoms with E-state index in [1.54, 1.807) is 6.07 Å². The van der Waals surface area contributed by atoms with Crippen molar-refractivity contribution in [3.63, 3.8) is 0 Å². The van der Waals surface area contributed by atoms with Gasteiger partial charge in [0.05, 0.1) is 7.11 Å². The van der Waals surface area contributed by atoms with Gasteiger partial charge in [-0.1, -0.05) is 13.0 Å². The molecule has 0 saturated heterocycles. The normalized spacial score (nSPS) is 14.0. The molecule has 116 valence electrons. The molecule has 3 nitrogen and oxygen atoms in total. The summed E-state index contributed by atoms with van der Waals surface area (Å²) in [4.78, 5) is 14.3. The first-order valence-corrected chi connectivity index (χ1v) is 7.74. The van der Waals surface area contributed by atoms with Crippen molar-refractivity contribution in [2.75, 3.05) is 20.2 Å². The molecular weight excluding hydrogens is 269 g/mol. The van der Waals surface area contributed by atoms with Gasteiger partial charge in [0.1, 0.15) is 0 Å².